The van der Waals surface area contributed by atoms with Crippen molar-refractivity contribution in [2.45, 2.75) is 24.9 Å². The fourth-order valence-corrected chi connectivity index (χ4v) is 7.01. The fourth-order valence-electron chi connectivity index (χ4n) is 7.01. The zero-order valence-corrected chi connectivity index (χ0v) is 22.2. The van der Waals surface area contributed by atoms with E-state index in [-0.39, 0.29) is 17.3 Å². The number of hydrogen-bond acceptors (Lipinski definition) is 5. The highest BCUT2D eigenvalue weighted by molar-refractivity contribution is 6.32. The lowest BCUT2D eigenvalue weighted by Gasteiger charge is -2.37. The Hall–Kier alpha value is -4.77. The van der Waals surface area contributed by atoms with Crippen molar-refractivity contribution >= 4 is 29.1 Å². The molecule has 0 N–H and O–H groups in total. The van der Waals surface area contributed by atoms with Crippen molar-refractivity contribution < 1.29 is 19.1 Å². The number of rotatable bonds is 4. The van der Waals surface area contributed by atoms with Crippen LogP contribution in [0.5, 0.6) is 5.75 Å². The molecule has 3 atom stereocenters. The van der Waals surface area contributed by atoms with Gasteiger partial charge >= 0.3 is 0 Å². The Balaban J connectivity index is 1.54. The molecular formula is C35H27NO4. The van der Waals surface area contributed by atoms with E-state index in [4.69, 9.17) is 4.74 Å². The zero-order valence-electron chi connectivity index (χ0n) is 22.2. The van der Waals surface area contributed by atoms with E-state index in [1.54, 1.807) is 55.6 Å². The molecule has 3 aliphatic rings. The molecule has 5 nitrogen and oxygen atoms in total. The first-order valence-electron chi connectivity index (χ1n) is 13.5. The van der Waals surface area contributed by atoms with Crippen LogP contribution in [0.25, 0.3) is 6.08 Å². The van der Waals surface area contributed by atoms with Crippen LogP contribution in [0.15, 0.2) is 103 Å². The van der Waals surface area contributed by atoms with Crippen LogP contribution < -0.4 is 9.64 Å². The van der Waals surface area contributed by atoms with Gasteiger partial charge in [-0.15, -0.1) is 0 Å². The molecule has 0 radical (unpaired) electrons. The zero-order chi connectivity index (χ0) is 27.6. The highest BCUT2D eigenvalue weighted by atomic mass is 16.5. The fraction of sp³-hybridized carbons (Fsp3) is 0.171. The second-order valence-corrected chi connectivity index (χ2v) is 10.8. The van der Waals surface area contributed by atoms with Crippen LogP contribution in [-0.2, 0) is 0 Å². The first-order chi connectivity index (χ1) is 19.5. The molecule has 5 heteroatoms. The Kier molecular flexibility index (Phi) is 5.39. The molecule has 40 heavy (non-hydrogen) atoms. The molecule has 1 saturated heterocycles. The number of benzene rings is 4. The van der Waals surface area contributed by atoms with Crippen LogP contribution in [0.1, 0.15) is 53.7 Å². The van der Waals surface area contributed by atoms with Gasteiger partial charge in [-0.3, -0.25) is 14.4 Å². The molecule has 7 rings (SSSR count). The summed E-state index contributed by atoms with van der Waals surface area (Å²) in [7, 11) is 1.57. The van der Waals surface area contributed by atoms with Crippen LogP contribution in [0.4, 0.5) is 5.69 Å². The van der Waals surface area contributed by atoms with Gasteiger partial charge in [-0.05, 0) is 36.2 Å². The summed E-state index contributed by atoms with van der Waals surface area (Å²) >= 11 is 0. The summed E-state index contributed by atoms with van der Waals surface area (Å²) in [6.07, 6.45) is 3.93. The maximum absolute atomic E-state index is 14.7. The minimum atomic E-state index is -1.50. The van der Waals surface area contributed by atoms with Gasteiger partial charge in [-0.2, -0.15) is 0 Å². The lowest BCUT2D eigenvalue weighted by atomic mass is 9.64. The van der Waals surface area contributed by atoms with Gasteiger partial charge < -0.3 is 9.64 Å². The van der Waals surface area contributed by atoms with Crippen molar-refractivity contribution in [3.05, 3.63) is 137 Å². The number of carbonyl (C=O) groups is 3. The molecule has 0 saturated carbocycles. The second-order valence-electron chi connectivity index (χ2n) is 10.8. The largest absolute Gasteiger partial charge is 0.497 e. The third-order valence-electron chi connectivity index (χ3n) is 8.77. The molecule has 4 aromatic carbocycles. The molecule has 2 aliphatic heterocycles. The molecule has 0 amide bonds. The number of hydrogen-bond donors (Lipinski definition) is 0. The van der Waals surface area contributed by atoms with Crippen LogP contribution >= 0.6 is 0 Å². The molecule has 0 bridgehead atoms. The van der Waals surface area contributed by atoms with Crippen molar-refractivity contribution in [3.8, 4) is 5.75 Å². The number of Topliss-reactive ketones (excluding diaryl/α,β-unsaturated/α-hetero) is 3. The Labute approximate surface area is 232 Å². The highest BCUT2D eigenvalue weighted by Gasteiger charge is 2.71. The maximum atomic E-state index is 14.7. The normalized spacial score (nSPS) is 21.8. The van der Waals surface area contributed by atoms with Crippen molar-refractivity contribution in [3.63, 3.8) is 0 Å². The number of fused-ring (bicyclic) bond motifs is 5. The van der Waals surface area contributed by atoms with Crippen molar-refractivity contribution in [1.82, 2.24) is 0 Å². The number of ketones is 3. The van der Waals surface area contributed by atoms with Crippen LogP contribution in [-0.4, -0.2) is 36.5 Å². The number of ether oxygens (including phenoxy) is 1. The van der Waals surface area contributed by atoms with E-state index in [1.807, 2.05) is 72.5 Å². The summed E-state index contributed by atoms with van der Waals surface area (Å²) in [4.78, 5) is 46.0. The van der Waals surface area contributed by atoms with E-state index in [1.165, 1.54) is 0 Å². The maximum Gasteiger partial charge on any atom is 0.186 e. The summed E-state index contributed by atoms with van der Waals surface area (Å²) in [5, 5.41) is 0. The number of nitrogens with zero attached hydrogens (tertiary/aromatic N) is 1. The Morgan fingerprint density at radius 2 is 1.50 bits per heavy atom. The Morgan fingerprint density at radius 3 is 2.20 bits per heavy atom. The van der Waals surface area contributed by atoms with Gasteiger partial charge in [0.25, 0.3) is 0 Å². The van der Waals surface area contributed by atoms with Gasteiger partial charge in [-0.1, -0.05) is 96.6 Å². The van der Waals surface area contributed by atoms with E-state index in [0.717, 1.165) is 22.4 Å². The first kappa shape index (κ1) is 24.3. The molecular weight excluding hydrogens is 498 g/mol. The summed E-state index contributed by atoms with van der Waals surface area (Å²) in [6.45, 7) is 2.00. The topological polar surface area (TPSA) is 63.7 Å². The smallest absolute Gasteiger partial charge is 0.186 e. The number of aryl methyl sites for hydroxylation is 1. The Morgan fingerprint density at radius 1 is 0.825 bits per heavy atom. The SMILES string of the molecule is COc1cccc(C(=O)[C@@H]2[C@@H](c3ccc(C)cc3)C3(C(=O)c4ccccc4C3=O)[C@@H]3C=Cc4ccccc4N23)c1. The minimum absolute atomic E-state index is 0.159. The first-order valence-corrected chi connectivity index (χ1v) is 13.5. The third-order valence-corrected chi connectivity index (χ3v) is 8.77. The lowest BCUT2D eigenvalue weighted by molar-refractivity contribution is 0.0666. The van der Waals surface area contributed by atoms with E-state index >= 15 is 0 Å². The van der Waals surface area contributed by atoms with Crippen LogP contribution in [0.2, 0.25) is 0 Å². The molecule has 1 fully saturated rings. The van der Waals surface area contributed by atoms with Gasteiger partial charge in [0.2, 0.25) is 0 Å². The van der Waals surface area contributed by atoms with Crippen molar-refractivity contribution in [2.75, 3.05) is 12.0 Å². The number of para-hydroxylation sites is 1. The minimum Gasteiger partial charge on any atom is -0.497 e. The molecule has 4 aromatic rings. The van der Waals surface area contributed by atoms with E-state index in [9.17, 15) is 14.4 Å². The summed E-state index contributed by atoms with van der Waals surface area (Å²) in [5.41, 5.74) is 3.45. The van der Waals surface area contributed by atoms with Gasteiger partial charge in [0.1, 0.15) is 17.2 Å². The number of methoxy groups -OCH3 is 1. The van der Waals surface area contributed by atoms with Gasteiger partial charge in [-0.25, -0.2) is 0 Å². The molecule has 1 spiro atoms. The second kappa shape index (κ2) is 8.88. The van der Waals surface area contributed by atoms with Gasteiger partial charge in [0.05, 0.1) is 13.2 Å². The predicted molar refractivity (Wildman–Crippen MR) is 154 cm³/mol. The molecule has 196 valence electrons. The average molecular weight is 526 g/mol. The van der Waals surface area contributed by atoms with E-state index in [0.29, 0.717) is 22.4 Å². The highest BCUT2D eigenvalue weighted by Crippen LogP contribution is 2.61. The lowest BCUT2D eigenvalue weighted by Crippen LogP contribution is -2.48. The Bertz CT molecular complexity index is 1700. The molecule has 0 aromatic heterocycles. The van der Waals surface area contributed by atoms with Crippen molar-refractivity contribution in [2.24, 2.45) is 5.41 Å². The van der Waals surface area contributed by atoms with Gasteiger partial charge in [0.15, 0.2) is 17.3 Å². The summed E-state index contributed by atoms with van der Waals surface area (Å²) in [5.74, 6) is -0.758. The average Bonchev–Trinajstić information content (AvgIpc) is 3.43. The van der Waals surface area contributed by atoms with Crippen molar-refractivity contribution in [1.29, 1.82) is 0 Å². The quantitative estimate of drug-likeness (QED) is 0.231. The molecule has 2 heterocycles. The van der Waals surface area contributed by atoms with Gasteiger partial charge in [0, 0.05) is 28.3 Å². The van der Waals surface area contributed by atoms with E-state index in [2.05, 4.69) is 0 Å². The summed E-state index contributed by atoms with van der Waals surface area (Å²) < 4.78 is 5.44. The van der Waals surface area contributed by atoms with Crippen LogP contribution in [0, 0.1) is 12.3 Å². The molecule has 1 aliphatic carbocycles. The monoisotopic (exact) mass is 525 g/mol. The molecule has 0 unspecified atom stereocenters. The number of carbonyl (C=O) groups excluding carboxylic acids is 3. The standard InChI is InChI=1S/C35H27NO4/c1-21-14-16-23(17-15-21)30-31(32(37)24-9-7-10-25(20-24)40-2)36-28-13-6-3-8-22(28)18-19-29(36)35(30)33(38)26-11-4-5-12-27(26)34(35)39/h3-20,29-31H,1-2H3/t29-,30+,31-/m0/s1. The number of anilines is 1. The van der Waals surface area contributed by atoms with Crippen LogP contribution in [0.3, 0.4) is 0 Å². The van der Waals surface area contributed by atoms with E-state index < -0.39 is 23.4 Å². The predicted octanol–water partition coefficient (Wildman–Crippen LogP) is 6.32. The third kappa shape index (κ3) is 3.18. The summed E-state index contributed by atoms with van der Waals surface area (Å²) in [6, 6.07) is 28.4.